The molecule has 0 spiro atoms. The largest absolute Gasteiger partial charge is 0.480 e. The Balaban J connectivity index is 0.972. The molecule has 4 atom stereocenters. The number of rotatable bonds is 25. The summed E-state index contributed by atoms with van der Waals surface area (Å²) in [6, 6.07) is 17.0. The van der Waals surface area contributed by atoms with E-state index in [0.29, 0.717) is 52.8 Å². The number of nitrogens with one attached hydrogen (secondary N) is 7. The number of hydrogen-bond donors (Lipinski definition) is 8. The molecule has 22 heteroatoms. The molecule has 4 unspecified atom stereocenters. The molecule has 1 aromatic heterocycles. The number of nitrogens with zero attached hydrogens (tertiary/aromatic N) is 3. The van der Waals surface area contributed by atoms with Crippen molar-refractivity contribution in [2.24, 2.45) is 4.99 Å². The summed E-state index contributed by atoms with van der Waals surface area (Å²) in [4.78, 5) is 113. The predicted octanol–water partition coefficient (Wildman–Crippen LogP) is 3.35. The SMILES string of the molecule is CC(=O)NCCCCC(NC(=O)C(C)NC(=O)CNC(=O)CNC(=O)C(CCCCN(C)C)NC(=O)OCC1c2ccccc2-c2ccccc21)C(=O)Nc1ccc2nc(C3=NC(C(=O)O)CS3)sc2c1. The third kappa shape index (κ3) is 15.5. The van der Waals surface area contributed by atoms with Crippen LogP contribution in [0.3, 0.4) is 0 Å². The van der Waals surface area contributed by atoms with Crippen LogP contribution >= 0.6 is 23.1 Å². The first-order chi connectivity index (χ1) is 34.1. The molecule has 8 N–H and O–H groups in total. The lowest BCUT2D eigenvalue weighted by Gasteiger charge is -2.21. The van der Waals surface area contributed by atoms with Crippen LogP contribution in [0.2, 0.25) is 0 Å². The van der Waals surface area contributed by atoms with Crippen molar-refractivity contribution in [2.75, 3.05) is 58.0 Å². The molecule has 0 saturated heterocycles. The molecule has 20 nitrogen and oxygen atoms in total. The molecule has 0 fully saturated rings. The highest BCUT2D eigenvalue weighted by molar-refractivity contribution is 8.15. The number of ether oxygens (including phenoxy) is 1. The van der Waals surface area contributed by atoms with E-state index in [-0.39, 0.29) is 31.3 Å². The number of aromatic nitrogens is 1. The van der Waals surface area contributed by atoms with Gasteiger partial charge in [-0.25, -0.2) is 14.6 Å². The highest BCUT2D eigenvalue weighted by Gasteiger charge is 2.31. The lowest BCUT2D eigenvalue weighted by atomic mass is 9.98. The number of amides is 7. The summed E-state index contributed by atoms with van der Waals surface area (Å²) in [5.41, 5.74) is 5.31. The minimum Gasteiger partial charge on any atom is -0.480 e. The lowest BCUT2D eigenvalue weighted by molar-refractivity contribution is -0.137. The molecule has 1 aliphatic heterocycles. The van der Waals surface area contributed by atoms with E-state index in [0.717, 1.165) is 39.9 Å². The van der Waals surface area contributed by atoms with E-state index >= 15 is 0 Å². The van der Waals surface area contributed by atoms with Gasteiger partial charge in [-0.1, -0.05) is 48.5 Å². The number of aliphatic imine (C=N–C) groups is 1. The van der Waals surface area contributed by atoms with Gasteiger partial charge in [-0.05, 0) is 107 Å². The van der Waals surface area contributed by atoms with E-state index in [2.05, 4.69) is 47.2 Å². The number of carbonyl (C=O) groups excluding carboxylic acids is 7. The van der Waals surface area contributed by atoms with Crippen molar-refractivity contribution >= 4 is 91.6 Å². The number of alkyl carbamates (subject to hydrolysis) is 1. The van der Waals surface area contributed by atoms with Gasteiger partial charge in [0.05, 0.1) is 23.3 Å². The summed E-state index contributed by atoms with van der Waals surface area (Å²) in [5, 5.41) is 28.8. The summed E-state index contributed by atoms with van der Waals surface area (Å²) in [5.74, 6) is -4.28. The van der Waals surface area contributed by atoms with E-state index in [4.69, 9.17) is 4.74 Å². The van der Waals surface area contributed by atoms with Crippen molar-refractivity contribution in [2.45, 2.75) is 82.5 Å². The van der Waals surface area contributed by atoms with Gasteiger partial charge in [0, 0.05) is 30.8 Å². The molecule has 71 heavy (non-hydrogen) atoms. The number of carboxylic acid groups (broad SMARTS) is 1. The maximum atomic E-state index is 13.7. The molecular formula is C49H60N10O10S2. The number of fused-ring (bicyclic) bond motifs is 4. The second kappa shape index (κ2) is 25.8. The van der Waals surface area contributed by atoms with Crippen molar-refractivity contribution in [1.82, 2.24) is 41.8 Å². The summed E-state index contributed by atoms with van der Waals surface area (Å²) in [6.45, 7) is 2.99. The van der Waals surface area contributed by atoms with E-state index in [1.165, 1.54) is 36.9 Å². The molecule has 3 aromatic carbocycles. The van der Waals surface area contributed by atoms with Crippen LogP contribution < -0.4 is 37.2 Å². The molecule has 0 radical (unpaired) electrons. The van der Waals surface area contributed by atoms with Gasteiger partial charge in [0.25, 0.3) is 0 Å². The van der Waals surface area contributed by atoms with E-state index in [1.807, 2.05) is 67.5 Å². The predicted molar refractivity (Wildman–Crippen MR) is 271 cm³/mol. The van der Waals surface area contributed by atoms with Crippen LogP contribution in [-0.2, 0) is 38.3 Å². The summed E-state index contributed by atoms with van der Waals surface area (Å²) in [6.07, 6.45) is 2.05. The Morgan fingerprint density at radius 2 is 1.44 bits per heavy atom. The van der Waals surface area contributed by atoms with Crippen LogP contribution in [0.5, 0.6) is 0 Å². The Hall–Kier alpha value is -6.91. The Morgan fingerprint density at radius 3 is 2.10 bits per heavy atom. The lowest BCUT2D eigenvalue weighted by Crippen LogP contribution is -2.53. The third-order valence-corrected chi connectivity index (χ3v) is 13.9. The third-order valence-electron chi connectivity index (χ3n) is 11.6. The van der Waals surface area contributed by atoms with Gasteiger partial charge in [-0.15, -0.1) is 23.1 Å². The highest BCUT2D eigenvalue weighted by atomic mass is 32.2. The number of carboxylic acids is 1. The minimum absolute atomic E-state index is 0.0572. The van der Waals surface area contributed by atoms with Crippen LogP contribution in [0, 0.1) is 0 Å². The van der Waals surface area contributed by atoms with Crippen LogP contribution in [0.4, 0.5) is 10.5 Å². The van der Waals surface area contributed by atoms with Crippen LogP contribution in [-0.4, -0.2) is 144 Å². The van der Waals surface area contributed by atoms with Gasteiger partial charge >= 0.3 is 12.1 Å². The first kappa shape index (κ1) is 53.4. The zero-order chi connectivity index (χ0) is 51.0. The van der Waals surface area contributed by atoms with Gasteiger partial charge < -0.3 is 52.0 Å². The number of benzene rings is 3. The first-order valence-corrected chi connectivity index (χ1v) is 25.2. The number of thioether (sulfide) groups is 1. The molecule has 2 heterocycles. The number of carbonyl (C=O) groups is 8. The Bertz CT molecular complexity index is 2600. The minimum atomic E-state index is -1.13. The Morgan fingerprint density at radius 1 is 0.775 bits per heavy atom. The van der Waals surface area contributed by atoms with E-state index in [9.17, 15) is 43.5 Å². The van der Waals surface area contributed by atoms with Crippen molar-refractivity contribution in [3.63, 3.8) is 0 Å². The van der Waals surface area contributed by atoms with Crippen molar-refractivity contribution in [1.29, 1.82) is 0 Å². The Labute approximate surface area is 419 Å². The maximum Gasteiger partial charge on any atom is 0.407 e. The van der Waals surface area contributed by atoms with Gasteiger partial charge in [0.1, 0.15) is 34.8 Å². The second-order valence-corrected chi connectivity index (χ2v) is 19.5. The van der Waals surface area contributed by atoms with Crippen LogP contribution in [0.15, 0.2) is 71.7 Å². The fourth-order valence-electron chi connectivity index (χ4n) is 7.96. The van der Waals surface area contributed by atoms with Crippen LogP contribution in [0.1, 0.15) is 74.4 Å². The zero-order valence-electron chi connectivity index (χ0n) is 40.0. The topological polar surface area (TPSA) is 279 Å². The van der Waals surface area contributed by atoms with E-state index in [1.54, 1.807) is 18.2 Å². The standard InChI is InChI=1S/C49H60N10O10S2/c1-28(43(63)55-38(17-9-11-21-50-29(2)60)45(65)54-30-19-20-36-40(23-30)71-47(56-36)46-57-39(27-70-46)48(66)67)53-42(62)25-51-41(61)24-52-44(64)37(18-10-12-22-59(3)4)58-49(68)69-26-35-33-15-7-5-13-31(33)32-14-6-8-16-34(32)35/h5-8,13-16,19-20,23,28,35,37-39H,9-12,17-18,21-22,24-27H2,1-4H3,(H,50,60)(H,51,61)(H,52,64)(H,53,62)(H,54,65)(H,55,63)(H,58,68)(H,66,67). The quantitative estimate of drug-likeness (QED) is 0.0443. The molecule has 2 aliphatic rings. The molecule has 0 bridgehead atoms. The molecule has 1 aliphatic carbocycles. The summed E-state index contributed by atoms with van der Waals surface area (Å²) in [7, 11) is 3.87. The van der Waals surface area contributed by atoms with E-state index < -0.39 is 78.9 Å². The van der Waals surface area contributed by atoms with Crippen molar-refractivity contribution in [3.05, 3.63) is 82.9 Å². The fraction of sp³-hybridized carbons (Fsp3) is 0.429. The smallest absolute Gasteiger partial charge is 0.407 e. The maximum absolute atomic E-state index is 13.7. The summed E-state index contributed by atoms with van der Waals surface area (Å²) >= 11 is 2.62. The molecule has 0 saturated carbocycles. The molecule has 4 aromatic rings. The van der Waals surface area contributed by atoms with Crippen molar-refractivity contribution in [3.8, 4) is 11.1 Å². The fourth-order valence-corrected chi connectivity index (χ4v) is 10.1. The zero-order valence-corrected chi connectivity index (χ0v) is 41.6. The monoisotopic (exact) mass is 1010 g/mol. The van der Waals surface area contributed by atoms with Gasteiger partial charge in [0.2, 0.25) is 35.4 Å². The Kier molecular flexibility index (Phi) is 19.4. The summed E-state index contributed by atoms with van der Waals surface area (Å²) < 4.78 is 6.41. The van der Waals surface area contributed by atoms with Gasteiger partial charge in [-0.3, -0.25) is 33.8 Å². The highest BCUT2D eigenvalue weighted by Crippen LogP contribution is 2.44. The van der Waals surface area contributed by atoms with Gasteiger partial charge in [0.15, 0.2) is 6.04 Å². The van der Waals surface area contributed by atoms with Gasteiger partial charge in [-0.2, -0.15) is 0 Å². The normalized spacial score (nSPS) is 15.1. The number of thiazole rings is 1. The molecule has 6 rings (SSSR count). The average molecular weight is 1010 g/mol. The number of aliphatic carboxylic acids is 1. The van der Waals surface area contributed by atoms with Crippen molar-refractivity contribution < 1.29 is 48.2 Å². The number of unbranched alkanes of at least 4 members (excludes halogenated alkanes) is 2. The average Bonchev–Trinajstić information content (AvgIpc) is 4.09. The molecule has 378 valence electrons. The number of anilines is 1. The van der Waals surface area contributed by atoms with Crippen LogP contribution in [0.25, 0.3) is 21.3 Å². The first-order valence-electron chi connectivity index (χ1n) is 23.4. The number of hydrogen-bond acceptors (Lipinski definition) is 14. The molecular weight excluding hydrogens is 953 g/mol. The molecule has 7 amide bonds. The second-order valence-electron chi connectivity index (χ2n) is 17.4.